The lowest BCUT2D eigenvalue weighted by atomic mass is 10.0. The van der Waals surface area contributed by atoms with E-state index < -0.39 is 11.2 Å². The van der Waals surface area contributed by atoms with Crippen LogP contribution in [0.25, 0.3) is 22.1 Å². The zero-order valence-corrected chi connectivity index (χ0v) is 17.1. The van der Waals surface area contributed by atoms with E-state index >= 15 is 0 Å². The van der Waals surface area contributed by atoms with Gasteiger partial charge in [0.15, 0.2) is 6.61 Å². The molecule has 1 heterocycles. The molecule has 0 bridgehead atoms. The van der Waals surface area contributed by atoms with E-state index in [4.69, 9.17) is 20.8 Å². The predicted octanol–water partition coefficient (Wildman–Crippen LogP) is 4.85. The molecule has 0 aliphatic heterocycles. The summed E-state index contributed by atoms with van der Waals surface area (Å²) in [6.45, 7) is 5.31. The molecule has 0 saturated heterocycles. The van der Waals surface area contributed by atoms with Gasteiger partial charge in [0.25, 0.3) is 5.91 Å². The summed E-state index contributed by atoms with van der Waals surface area (Å²) in [7, 11) is 0. The van der Waals surface area contributed by atoms with Gasteiger partial charge >= 0.3 is 0 Å². The van der Waals surface area contributed by atoms with E-state index in [9.17, 15) is 14.0 Å². The van der Waals surface area contributed by atoms with Crippen LogP contribution in [0.3, 0.4) is 0 Å². The van der Waals surface area contributed by atoms with Gasteiger partial charge in [0.2, 0.25) is 5.43 Å². The summed E-state index contributed by atoms with van der Waals surface area (Å²) in [5.74, 6) is -0.210. The van der Waals surface area contributed by atoms with E-state index in [0.29, 0.717) is 5.75 Å². The van der Waals surface area contributed by atoms with Gasteiger partial charge in [-0.15, -0.1) is 0 Å². The summed E-state index contributed by atoms with van der Waals surface area (Å²) in [5, 5.41) is 3.20. The molecule has 0 saturated carbocycles. The number of benzene rings is 2. The Labute approximate surface area is 172 Å². The highest BCUT2D eigenvalue weighted by Crippen LogP contribution is 2.32. The second kappa shape index (κ2) is 8.66. The van der Waals surface area contributed by atoms with Crippen molar-refractivity contribution < 1.29 is 18.3 Å². The second-order valence-corrected chi connectivity index (χ2v) is 7.19. The first kappa shape index (κ1) is 20.9. The summed E-state index contributed by atoms with van der Waals surface area (Å²) in [4.78, 5) is 24.9. The second-order valence-electron chi connectivity index (χ2n) is 6.78. The highest BCUT2D eigenvalue weighted by atomic mass is 35.5. The van der Waals surface area contributed by atoms with Crippen molar-refractivity contribution in [3.63, 3.8) is 0 Å². The number of hydrogen-bond acceptors (Lipinski definition) is 4. The van der Waals surface area contributed by atoms with Crippen molar-refractivity contribution >= 4 is 28.5 Å². The monoisotopic (exact) mass is 417 g/mol. The minimum atomic E-state index is -0.598. The van der Waals surface area contributed by atoms with Crippen LogP contribution < -0.4 is 15.5 Å². The van der Waals surface area contributed by atoms with E-state index in [1.807, 2.05) is 13.8 Å². The van der Waals surface area contributed by atoms with Crippen LogP contribution in [0.15, 0.2) is 45.6 Å². The summed E-state index contributed by atoms with van der Waals surface area (Å²) < 4.78 is 25.6. The Morgan fingerprint density at radius 2 is 2.03 bits per heavy atom. The largest absolute Gasteiger partial charge is 0.484 e. The molecule has 5 nitrogen and oxygen atoms in total. The number of nitrogens with one attached hydrogen (secondary N) is 1. The molecule has 0 aliphatic carbocycles. The minimum absolute atomic E-state index is 0.0179. The van der Waals surface area contributed by atoms with Gasteiger partial charge in [-0.2, -0.15) is 0 Å². The summed E-state index contributed by atoms with van der Waals surface area (Å²) in [5.41, 5.74) is -0.00748. The van der Waals surface area contributed by atoms with E-state index in [1.54, 1.807) is 13.0 Å². The number of ether oxygens (including phenoxy) is 1. The Bertz CT molecular complexity index is 1110. The van der Waals surface area contributed by atoms with Crippen LogP contribution in [0.5, 0.6) is 5.75 Å². The van der Waals surface area contributed by atoms with Gasteiger partial charge in [0.1, 0.15) is 22.9 Å². The lowest BCUT2D eigenvalue weighted by Crippen LogP contribution is -2.35. The van der Waals surface area contributed by atoms with Crippen LogP contribution in [-0.2, 0) is 4.79 Å². The maximum atomic E-state index is 14.3. The van der Waals surface area contributed by atoms with E-state index in [1.165, 1.54) is 30.3 Å². The van der Waals surface area contributed by atoms with E-state index in [2.05, 4.69) is 5.32 Å². The minimum Gasteiger partial charge on any atom is -0.484 e. The predicted molar refractivity (Wildman–Crippen MR) is 111 cm³/mol. The Hall–Kier alpha value is -2.86. The molecule has 1 atom stereocenters. The molecule has 0 unspecified atom stereocenters. The maximum absolute atomic E-state index is 14.3. The van der Waals surface area contributed by atoms with Gasteiger partial charge in [-0.1, -0.05) is 24.6 Å². The van der Waals surface area contributed by atoms with Crippen LogP contribution in [-0.4, -0.2) is 18.6 Å². The third kappa shape index (κ3) is 4.43. The normalized spacial score (nSPS) is 12.0. The number of carbonyl (C=O) groups excluding carboxylic acids is 1. The van der Waals surface area contributed by atoms with Gasteiger partial charge in [0.05, 0.1) is 16.0 Å². The first-order chi connectivity index (χ1) is 13.8. The molecule has 1 aromatic heterocycles. The van der Waals surface area contributed by atoms with Gasteiger partial charge in [-0.3, -0.25) is 9.59 Å². The Morgan fingerprint density at radius 1 is 1.28 bits per heavy atom. The first-order valence-corrected chi connectivity index (χ1v) is 9.63. The average molecular weight is 418 g/mol. The Kier molecular flexibility index (Phi) is 6.23. The van der Waals surface area contributed by atoms with Crippen molar-refractivity contribution in [3.05, 3.63) is 63.2 Å². The number of fused-ring (bicyclic) bond motifs is 1. The van der Waals surface area contributed by atoms with Crippen LogP contribution in [0.4, 0.5) is 4.39 Å². The number of halogens is 2. The van der Waals surface area contributed by atoms with Crippen LogP contribution in [0.2, 0.25) is 5.02 Å². The van der Waals surface area contributed by atoms with Crippen molar-refractivity contribution in [3.8, 4) is 16.9 Å². The fourth-order valence-corrected chi connectivity index (χ4v) is 3.23. The number of carbonyl (C=O) groups is 1. The molecule has 152 valence electrons. The molecule has 1 N–H and O–H groups in total. The fraction of sp³-hybridized carbons (Fsp3) is 0.273. The molecule has 3 aromatic rings. The number of amides is 1. The number of rotatable bonds is 6. The molecule has 7 heteroatoms. The molecular weight excluding hydrogens is 397 g/mol. The number of hydrogen-bond donors (Lipinski definition) is 1. The molecule has 0 spiro atoms. The molecule has 2 aromatic carbocycles. The van der Waals surface area contributed by atoms with Gasteiger partial charge in [-0.25, -0.2) is 4.39 Å². The average Bonchev–Trinajstić information content (AvgIpc) is 2.68. The molecule has 0 radical (unpaired) electrons. The van der Waals surface area contributed by atoms with Gasteiger partial charge in [-0.05, 0) is 44.5 Å². The standard InChI is InChI=1S/C22H21ClFNO4/c1-4-12(2)25-19(26)11-28-14-8-9-15-18(10-14)29-13(3)20(22(15)27)21-16(23)6-5-7-17(21)24/h5-10,12H,4,11H2,1-3H3,(H,25,26)/t12-/m1/s1. The van der Waals surface area contributed by atoms with Crippen molar-refractivity contribution in [2.45, 2.75) is 33.2 Å². The molecule has 0 fully saturated rings. The number of aryl methyl sites for hydroxylation is 1. The molecule has 3 rings (SSSR count). The van der Waals surface area contributed by atoms with Crippen molar-refractivity contribution in [2.24, 2.45) is 0 Å². The molecule has 29 heavy (non-hydrogen) atoms. The smallest absolute Gasteiger partial charge is 0.258 e. The van der Waals surface area contributed by atoms with Crippen molar-refractivity contribution in [2.75, 3.05) is 6.61 Å². The third-order valence-electron chi connectivity index (χ3n) is 4.64. The van der Waals surface area contributed by atoms with E-state index in [0.717, 1.165) is 6.42 Å². The van der Waals surface area contributed by atoms with Gasteiger partial charge < -0.3 is 14.5 Å². The highest BCUT2D eigenvalue weighted by molar-refractivity contribution is 6.33. The van der Waals surface area contributed by atoms with Crippen LogP contribution in [0, 0.1) is 12.7 Å². The highest BCUT2D eigenvalue weighted by Gasteiger charge is 2.19. The fourth-order valence-electron chi connectivity index (χ4n) is 2.97. The topological polar surface area (TPSA) is 68.5 Å². The zero-order valence-electron chi connectivity index (χ0n) is 16.3. The van der Waals surface area contributed by atoms with Gasteiger partial charge in [0, 0.05) is 17.7 Å². The zero-order chi connectivity index (χ0) is 21.1. The molecule has 1 amide bonds. The molecule has 0 aliphatic rings. The summed E-state index contributed by atoms with van der Waals surface area (Å²) in [6.07, 6.45) is 0.820. The quantitative estimate of drug-likeness (QED) is 0.622. The maximum Gasteiger partial charge on any atom is 0.258 e. The molecular formula is C22H21ClFNO4. The lowest BCUT2D eigenvalue weighted by molar-refractivity contribution is -0.123. The van der Waals surface area contributed by atoms with E-state index in [-0.39, 0.29) is 51.4 Å². The van der Waals surface area contributed by atoms with Crippen LogP contribution >= 0.6 is 11.6 Å². The first-order valence-electron chi connectivity index (χ1n) is 9.25. The Balaban J connectivity index is 1.94. The third-order valence-corrected chi connectivity index (χ3v) is 4.96. The summed E-state index contributed by atoms with van der Waals surface area (Å²) >= 11 is 6.12. The Morgan fingerprint density at radius 3 is 2.72 bits per heavy atom. The van der Waals surface area contributed by atoms with Crippen molar-refractivity contribution in [1.82, 2.24) is 5.32 Å². The lowest BCUT2D eigenvalue weighted by Gasteiger charge is -2.13. The van der Waals surface area contributed by atoms with Crippen molar-refractivity contribution in [1.29, 1.82) is 0 Å². The SMILES string of the molecule is CC[C@@H](C)NC(=O)COc1ccc2c(=O)c(-c3c(F)cccc3Cl)c(C)oc2c1. The summed E-state index contributed by atoms with van der Waals surface area (Å²) in [6, 6.07) is 8.93. The van der Waals surface area contributed by atoms with Crippen LogP contribution in [0.1, 0.15) is 26.0 Å².